The van der Waals surface area contributed by atoms with E-state index in [4.69, 9.17) is 4.52 Å². The summed E-state index contributed by atoms with van der Waals surface area (Å²) in [6.07, 6.45) is 3.85. The molecule has 1 N–H and O–H groups in total. The Morgan fingerprint density at radius 2 is 2.30 bits per heavy atom. The van der Waals surface area contributed by atoms with Crippen LogP contribution in [0.4, 0.5) is 4.39 Å². The van der Waals surface area contributed by atoms with Crippen LogP contribution in [0.5, 0.6) is 0 Å². The third kappa shape index (κ3) is 2.82. The second kappa shape index (κ2) is 5.63. The van der Waals surface area contributed by atoms with Crippen LogP contribution in [0, 0.1) is 5.82 Å². The summed E-state index contributed by atoms with van der Waals surface area (Å²) in [5.74, 6) is -0.211. The van der Waals surface area contributed by atoms with Gasteiger partial charge in [0.05, 0.1) is 6.04 Å². The van der Waals surface area contributed by atoms with Crippen molar-refractivity contribution in [3.63, 3.8) is 0 Å². The normalized spacial score (nSPS) is 22.9. The second-order valence-corrected chi connectivity index (χ2v) is 5.24. The maximum atomic E-state index is 13.2. The lowest BCUT2D eigenvalue weighted by molar-refractivity contribution is 0.161. The van der Waals surface area contributed by atoms with Crippen LogP contribution in [0.2, 0.25) is 0 Å². The summed E-state index contributed by atoms with van der Waals surface area (Å²) < 4.78 is 19.9. The SMILES string of the molecule is O=c1ccon1[C@H]1CCN[C@H](Cc2cccc(F)c2)C1. The molecule has 0 saturated carbocycles. The quantitative estimate of drug-likeness (QED) is 0.934. The third-order valence-electron chi connectivity index (χ3n) is 3.77. The standard InChI is InChI=1S/C15H17FN2O2/c16-12-3-1-2-11(8-12)9-13-10-14(4-6-17-13)18-15(19)5-7-20-18/h1-3,5,7-8,13-14,17H,4,6,9-10H2/t13-,14+/m1/s1. The average molecular weight is 276 g/mol. The van der Waals surface area contributed by atoms with Crippen LogP contribution >= 0.6 is 0 Å². The van der Waals surface area contributed by atoms with Gasteiger partial charge in [-0.05, 0) is 43.5 Å². The molecule has 0 radical (unpaired) electrons. The zero-order valence-corrected chi connectivity index (χ0v) is 11.1. The van der Waals surface area contributed by atoms with Gasteiger partial charge < -0.3 is 9.84 Å². The number of hydrogen-bond donors (Lipinski definition) is 1. The highest BCUT2D eigenvalue weighted by Gasteiger charge is 2.25. The molecule has 0 amide bonds. The molecule has 2 atom stereocenters. The highest BCUT2D eigenvalue weighted by atomic mass is 19.1. The lowest BCUT2D eigenvalue weighted by atomic mass is 9.94. The molecule has 20 heavy (non-hydrogen) atoms. The molecule has 2 heterocycles. The maximum absolute atomic E-state index is 13.2. The first kappa shape index (κ1) is 13.1. The third-order valence-corrected chi connectivity index (χ3v) is 3.77. The Kier molecular flexibility index (Phi) is 3.69. The van der Waals surface area contributed by atoms with Crippen LogP contribution in [-0.2, 0) is 6.42 Å². The van der Waals surface area contributed by atoms with E-state index in [-0.39, 0.29) is 23.5 Å². The van der Waals surface area contributed by atoms with E-state index in [1.807, 2.05) is 6.07 Å². The van der Waals surface area contributed by atoms with Crippen molar-refractivity contribution in [3.8, 4) is 0 Å². The molecule has 5 heteroatoms. The fourth-order valence-corrected chi connectivity index (χ4v) is 2.85. The molecule has 3 rings (SSSR count). The van der Waals surface area contributed by atoms with Crippen LogP contribution in [0.1, 0.15) is 24.4 Å². The van der Waals surface area contributed by atoms with Gasteiger partial charge in [0.2, 0.25) is 0 Å². The molecule has 1 aromatic carbocycles. The van der Waals surface area contributed by atoms with E-state index in [9.17, 15) is 9.18 Å². The first-order chi connectivity index (χ1) is 9.72. The number of piperidine rings is 1. The Balaban J connectivity index is 1.69. The molecule has 2 aromatic rings. The summed E-state index contributed by atoms with van der Waals surface area (Å²) in [6, 6.07) is 8.40. The minimum atomic E-state index is -0.211. The van der Waals surface area contributed by atoms with Gasteiger partial charge in [0.25, 0.3) is 5.56 Å². The van der Waals surface area contributed by atoms with Gasteiger partial charge in [-0.15, -0.1) is 0 Å². The number of halogens is 1. The largest absolute Gasteiger partial charge is 0.384 e. The molecule has 106 valence electrons. The van der Waals surface area contributed by atoms with E-state index < -0.39 is 0 Å². The number of nitrogens with zero attached hydrogens (tertiary/aromatic N) is 1. The van der Waals surface area contributed by atoms with Gasteiger partial charge in [-0.25, -0.2) is 4.39 Å². The molecule has 1 aliphatic heterocycles. The van der Waals surface area contributed by atoms with Crippen molar-refractivity contribution in [1.82, 2.24) is 10.1 Å². The number of nitrogens with one attached hydrogen (secondary N) is 1. The molecule has 0 spiro atoms. The van der Waals surface area contributed by atoms with Crippen LogP contribution < -0.4 is 10.9 Å². The predicted octanol–water partition coefficient (Wildman–Crippen LogP) is 2.12. The first-order valence-corrected chi connectivity index (χ1v) is 6.87. The van der Waals surface area contributed by atoms with E-state index in [1.54, 1.807) is 12.1 Å². The van der Waals surface area contributed by atoms with E-state index in [0.717, 1.165) is 31.4 Å². The Morgan fingerprint density at radius 1 is 1.40 bits per heavy atom. The minimum absolute atomic E-state index is 0.0808. The van der Waals surface area contributed by atoms with Crippen molar-refractivity contribution in [2.24, 2.45) is 0 Å². The summed E-state index contributed by atoms with van der Waals surface area (Å²) in [7, 11) is 0. The van der Waals surface area contributed by atoms with Gasteiger partial charge in [-0.3, -0.25) is 4.79 Å². The molecular formula is C15H17FN2O2. The van der Waals surface area contributed by atoms with E-state index >= 15 is 0 Å². The molecular weight excluding hydrogens is 259 g/mol. The lowest BCUT2D eigenvalue weighted by Crippen LogP contribution is -2.41. The molecule has 1 aromatic heterocycles. The van der Waals surface area contributed by atoms with E-state index in [1.165, 1.54) is 23.1 Å². The zero-order valence-electron chi connectivity index (χ0n) is 11.1. The van der Waals surface area contributed by atoms with Gasteiger partial charge in [-0.1, -0.05) is 12.1 Å². The molecule has 0 bridgehead atoms. The number of aromatic nitrogens is 1. The fraction of sp³-hybridized carbons (Fsp3) is 0.400. The average Bonchev–Trinajstić information content (AvgIpc) is 2.85. The monoisotopic (exact) mass is 276 g/mol. The van der Waals surface area contributed by atoms with Gasteiger partial charge in [0, 0.05) is 12.1 Å². The van der Waals surface area contributed by atoms with E-state index in [2.05, 4.69) is 5.32 Å². The number of rotatable bonds is 3. The topological polar surface area (TPSA) is 47.2 Å². The molecule has 1 saturated heterocycles. The fourth-order valence-electron chi connectivity index (χ4n) is 2.85. The summed E-state index contributed by atoms with van der Waals surface area (Å²) >= 11 is 0. The van der Waals surface area contributed by atoms with Crippen molar-refractivity contribution >= 4 is 0 Å². The summed E-state index contributed by atoms with van der Waals surface area (Å²) in [4.78, 5) is 11.6. The Morgan fingerprint density at radius 3 is 3.05 bits per heavy atom. The van der Waals surface area contributed by atoms with Crippen LogP contribution in [0.15, 0.2) is 45.9 Å². The predicted molar refractivity (Wildman–Crippen MR) is 73.1 cm³/mol. The summed E-state index contributed by atoms with van der Waals surface area (Å²) in [5.41, 5.74) is 0.872. The van der Waals surface area contributed by atoms with Gasteiger partial charge in [-0.2, -0.15) is 4.74 Å². The minimum Gasteiger partial charge on any atom is -0.384 e. The van der Waals surface area contributed by atoms with Crippen molar-refractivity contribution in [1.29, 1.82) is 0 Å². The molecule has 1 aliphatic rings. The smallest absolute Gasteiger partial charge is 0.282 e. The Labute approximate surface area is 116 Å². The van der Waals surface area contributed by atoms with E-state index in [0.29, 0.717) is 0 Å². The summed E-state index contributed by atoms with van der Waals surface area (Å²) in [5, 5.41) is 3.42. The first-order valence-electron chi connectivity index (χ1n) is 6.87. The molecule has 4 nitrogen and oxygen atoms in total. The number of benzene rings is 1. The zero-order chi connectivity index (χ0) is 13.9. The molecule has 0 unspecified atom stereocenters. The Hall–Kier alpha value is -1.88. The number of hydrogen-bond acceptors (Lipinski definition) is 3. The molecule has 0 aliphatic carbocycles. The van der Waals surface area contributed by atoms with Crippen LogP contribution in [0.3, 0.4) is 0 Å². The van der Waals surface area contributed by atoms with Gasteiger partial charge >= 0.3 is 0 Å². The van der Waals surface area contributed by atoms with Crippen LogP contribution in [0.25, 0.3) is 0 Å². The van der Waals surface area contributed by atoms with Gasteiger partial charge in [0.1, 0.15) is 12.1 Å². The Bertz CT molecular complexity index is 635. The highest BCUT2D eigenvalue weighted by Crippen LogP contribution is 2.22. The van der Waals surface area contributed by atoms with Crippen molar-refractivity contribution in [2.45, 2.75) is 31.3 Å². The van der Waals surface area contributed by atoms with Gasteiger partial charge in [0.15, 0.2) is 0 Å². The highest BCUT2D eigenvalue weighted by molar-refractivity contribution is 5.17. The maximum Gasteiger partial charge on any atom is 0.282 e. The lowest BCUT2D eigenvalue weighted by Gasteiger charge is -2.29. The molecule has 1 fully saturated rings. The van der Waals surface area contributed by atoms with Crippen molar-refractivity contribution < 1.29 is 8.91 Å². The summed E-state index contributed by atoms with van der Waals surface area (Å²) in [6.45, 7) is 0.831. The van der Waals surface area contributed by atoms with Crippen LogP contribution in [-0.4, -0.2) is 17.3 Å². The second-order valence-electron chi connectivity index (χ2n) is 5.24. The van der Waals surface area contributed by atoms with Crippen molar-refractivity contribution in [2.75, 3.05) is 6.54 Å². The van der Waals surface area contributed by atoms with Crippen molar-refractivity contribution in [3.05, 3.63) is 58.3 Å².